The fourth-order valence-corrected chi connectivity index (χ4v) is 4.90. The van der Waals surface area contributed by atoms with Crippen LogP contribution in [-0.2, 0) is 32.5 Å². The third-order valence-electron chi connectivity index (χ3n) is 6.29. The molecule has 0 aliphatic heterocycles. The van der Waals surface area contributed by atoms with Crippen molar-refractivity contribution in [3.05, 3.63) is 54.1 Å². The summed E-state index contributed by atoms with van der Waals surface area (Å²) < 4.78 is 31.4. The number of amides is 2. The van der Waals surface area contributed by atoms with Crippen molar-refractivity contribution in [3.8, 4) is 0 Å². The number of hydrogen-bond donors (Lipinski definition) is 5. The Morgan fingerprint density at radius 2 is 1.76 bits per heavy atom. The van der Waals surface area contributed by atoms with Crippen molar-refractivity contribution >= 4 is 34.6 Å². The van der Waals surface area contributed by atoms with Crippen LogP contribution >= 0.6 is 12.6 Å². The summed E-state index contributed by atoms with van der Waals surface area (Å²) in [6, 6.07) is 9.71. The lowest BCUT2D eigenvalue weighted by Crippen LogP contribution is -2.47. The Balaban J connectivity index is 1.94. The summed E-state index contributed by atoms with van der Waals surface area (Å²) in [4.78, 5) is 33.1. The highest BCUT2D eigenvalue weighted by Gasteiger charge is 2.27. The number of aromatic amines is 1. The number of aromatic nitrogens is 2. The fourth-order valence-electron chi connectivity index (χ4n) is 4.09. The number of H-pyrrole nitrogens is 1. The van der Waals surface area contributed by atoms with E-state index in [1.54, 1.807) is 12.5 Å². The van der Waals surface area contributed by atoms with E-state index in [-0.39, 0.29) is 17.6 Å². The van der Waals surface area contributed by atoms with Crippen molar-refractivity contribution in [2.45, 2.75) is 25.7 Å². The summed E-state index contributed by atoms with van der Waals surface area (Å²) in [6.45, 7) is 2.01. The molecule has 2 unspecified atom stereocenters. The van der Waals surface area contributed by atoms with Gasteiger partial charge in [0.25, 0.3) is 10.1 Å². The monoisotopic (exact) mass is 554 g/mol. The van der Waals surface area contributed by atoms with Gasteiger partial charge in [-0.1, -0.05) is 30.3 Å². The van der Waals surface area contributed by atoms with Crippen LogP contribution in [0.5, 0.6) is 0 Å². The molecule has 0 aliphatic carbocycles. The SMILES string of the molecule is C[N+](C)(CCCS(=O)(=O)O)CCNC(=O)C(Cc1ccccc1)CC(CS)C(=O)NCCc1cnc[nH]1. The second-order valence-electron chi connectivity index (χ2n) is 9.93. The zero-order chi connectivity index (χ0) is 27.3. The molecule has 0 spiro atoms. The van der Waals surface area contributed by atoms with Crippen LogP contribution in [0, 0.1) is 11.8 Å². The summed E-state index contributed by atoms with van der Waals surface area (Å²) in [6.07, 6.45) is 5.15. The van der Waals surface area contributed by atoms with Crippen LogP contribution in [0.3, 0.4) is 0 Å². The first-order valence-corrected chi connectivity index (χ1v) is 14.7. The number of nitrogens with zero attached hydrogens (tertiary/aromatic N) is 2. The lowest BCUT2D eigenvalue weighted by Gasteiger charge is -2.30. The van der Waals surface area contributed by atoms with Gasteiger partial charge in [-0.2, -0.15) is 21.0 Å². The Hall–Kier alpha value is -2.41. The fraction of sp³-hybridized carbons (Fsp3) is 0.560. The molecule has 10 nitrogen and oxygen atoms in total. The van der Waals surface area contributed by atoms with Gasteiger partial charge in [0.1, 0.15) is 0 Å². The molecule has 206 valence electrons. The van der Waals surface area contributed by atoms with E-state index in [0.717, 1.165) is 11.3 Å². The average molecular weight is 555 g/mol. The van der Waals surface area contributed by atoms with Gasteiger partial charge < -0.3 is 20.1 Å². The Kier molecular flexibility index (Phi) is 12.6. The number of thiol groups is 1. The molecule has 12 heteroatoms. The van der Waals surface area contributed by atoms with Crippen LogP contribution < -0.4 is 10.6 Å². The first-order chi connectivity index (χ1) is 17.5. The number of carbonyl (C=O) groups is 2. The molecular weight excluding hydrogens is 514 g/mol. The van der Waals surface area contributed by atoms with Gasteiger partial charge >= 0.3 is 0 Å². The quantitative estimate of drug-likeness (QED) is 0.114. The molecule has 0 saturated heterocycles. The summed E-state index contributed by atoms with van der Waals surface area (Å²) in [5.41, 5.74) is 1.95. The molecule has 37 heavy (non-hydrogen) atoms. The third kappa shape index (κ3) is 12.6. The second-order valence-corrected chi connectivity index (χ2v) is 11.9. The largest absolute Gasteiger partial charge is 0.355 e. The van der Waals surface area contributed by atoms with Crippen molar-refractivity contribution in [1.29, 1.82) is 0 Å². The van der Waals surface area contributed by atoms with Crippen molar-refractivity contribution in [2.24, 2.45) is 11.8 Å². The average Bonchev–Trinajstić information content (AvgIpc) is 3.34. The first kappa shape index (κ1) is 30.8. The molecule has 2 amide bonds. The van der Waals surface area contributed by atoms with Crippen molar-refractivity contribution in [2.75, 3.05) is 51.8 Å². The lowest BCUT2D eigenvalue weighted by molar-refractivity contribution is -0.889. The third-order valence-corrected chi connectivity index (χ3v) is 7.53. The molecule has 0 saturated carbocycles. The summed E-state index contributed by atoms with van der Waals surface area (Å²) in [5, 5.41) is 5.95. The number of carbonyl (C=O) groups excluding carboxylic acids is 2. The van der Waals surface area contributed by atoms with E-state index in [1.165, 1.54) is 0 Å². The highest BCUT2D eigenvalue weighted by Crippen LogP contribution is 2.20. The lowest BCUT2D eigenvalue weighted by atomic mass is 9.88. The van der Waals surface area contributed by atoms with Crippen molar-refractivity contribution < 1.29 is 27.0 Å². The smallest absolute Gasteiger partial charge is 0.265 e. The maximum absolute atomic E-state index is 13.2. The van der Waals surface area contributed by atoms with Crippen LogP contribution in [0.1, 0.15) is 24.1 Å². The van der Waals surface area contributed by atoms with Gasteiger partial charge in [0.05, 0.1) is 45.8 Å². The number of benzene rings is 1. The minimum atomic E-state index is -3.98. The van der Waals surface area contributed by atoms with Crippen molar-refractivity contribution in [1.82, 2.24) is 20.6 Å². The minimum Gasteiger partial charge on any atom is -0.355 e. The number of hydrogen-bond acceptors (Lipinski definition) is 6. The zero-order valence-corrected chi connectivity index (χ0v) is 23.3. The molecule has 0 aliphatic rings. The predicted octanol–water partition coefficient (Wildman–Crippen LogP) is 1.33. The Bertz CT molecular complexity index is 1060. The number of rotatable bonds is 17. The molecule has 2 atom stereocenters. The molecule has 0 fully saturated rings. The van der Waals surface area contributed by atoms with Gasteiger partial charge in [0, 0.05) is 48.9 Å². The molecule has 1 aromatic heterocycles. The highest BCUT2D eigenvalue weighted by molar-refractivity contribution is 7.85. The normalized spacial score (nSPS) is 13.6. The molecule has 0 bridgehead atoms. The van der Waals surface area contributed by atoms with Gasteiger partial charge in [-0.3, -0.25) is 14.1 Å². The molecule has 0 radical (unpaired) electrons. The van der Waals surface area contributed by atoms with Crippen LogP contribution in [0.25, 0.3) is 0 Å². The summed E-state index contributed by atoms with van der Waals surface area (Å²) in [5.74, 6) is -1.04. The van der Waals surface area contributed by atoms with E-state index < -0.39 is 22.0 Å². The van der Waals surface area contributed by atoms with Crippen LogP contribution in [0.2, 0.25) is 0 Å². The topological polar surface area (TPSA) is 141 Å². The molecule has 2 rings (SSSR count). The van der Waals surface area contributed by atoms with E-state index in [2.05, 4.69) is 33.2 Å². The van der Waals surface area contributed by atoms with Crippen LogP contribution in [-0.4, -0.2) is 91.0 Å². The van der Waals surface area contributed by atoms with Crippen LogP contribution in [0.15, 0.2) is 42.9 Å². The van der Waals surface area contributed by atoms with Gasteiger partial charge in [0.15, 0.2) is 0 Å². The van der Waals surface area contributed by atoms with Gasteiger partial charge in [0.2, 0.25) is 11.8 Å². The number of likely N-dealkylation sites (N-methyl/N-ethyl adjacent to an activating group) is 1. The van der Waals surface area contributed by atoms with Crippen LogP contribution in [0.4, 0.5) is 0 Å². The predicted molar refractivity (Wildman–Crippen MR) is 147 cm³/mol. The molecule has 2 aromatic rings. The number of quaternary nitrogens is 1. The Labute approximate surface area is 225 Å². The Morgan fingerprint density at radius 3 is 2.38 bits per heavy atom. The van der Waals surface area contributed by atoms with Crippen molar-refractivity contribution in [3.63, 3.8) is 0 Å². The number of nitrogens with one attached hydrogen (secondary N) is 3. The first-order valence-electron chi connectivity index (χ1n) is 12.4. The standard InChI is InChI=1S/C25H39N5O5S2/c1-30(2,12-6-14-37(33,34)35)13-11-28-24(31)21(15-20-7-4-3-5-8-20)16-22(18-36)25(32)27-10-9-23-17-26-19-29-23/h3-5,7-8,17,19,21-22H,6,9-16,18H2,1-2H3,(H4-,26,27,28,29,31,32,33,34,35,36)/p+1. The number of imidazole rings is 1. The van der Waals surface area contributed by atoms with E-state index in [9.17, 15) is 18.0 Å². The summed E-state index contributed by atoms with van der Waals surface area (Å²) in [7, 11) is -0.0901. The zero-order valence-electron chi connectivity index (χ0n) is 21.6. The van der Waals surface area contributed by atoms with E-state index in [4.69, 9.17) is 4.55 Å². The van der Waals surface area contributed by atoms with E-state index in [1.807, 2.05) is 44.4 Å². The van der Waals surface area contributed by atoms with E-state index in [0.29, 0.717) is 62.1 Å². The Morgan fingerprint density at radius 1 is 1.08 bits per heavy atom. The molecule has 1 aromatic carbocycles. The van der Waals surface area contributed by atoms with Gasteiger partial charge in [-0.15, -0.1) is 0 Å². The highest BCUT2D eigenvalue weighted by atomic mass is 32.2. The molecule has 1 heterocycles. The van der Waals surface area contributed by atoms with E-state index >= 15 is 0 Å². The maximum atomic E-state index is 13.2. The second kappa shape index (κ2) is 15.1. The van der Waals surface area contributed by atoms with Gasteiger partial charge in [-0.05, 0) is 18.4 Å². The van der Waals surface area contributed by atoms with Gasteiger partial charge in [-0.25, -0.2) is 4.98 Å². The maximum Gasteiger partial charge on any atom is 0.265 e. The molecule has 4 N–H and O–H groups in total. The summed E-state index contributed by atoms with van der Waals surface area (Å²) >= 11 is 4.40. The molecular formula is C25H40N5O5S2+. The minimum absolute atomic E-state index is 0.126.